The molecule has 7 heteroatoms. The molecule has 2 aromatic carbocycles. The number of ether oxygens (including phenoxy) is 1. The minimum atomic E-state index is -0.564. The van der Waals surface area contributed by atoms with Gasteiger partial charge in [-0.05, 0) is 51.1 Å². The van der Waals surface area contributed by atoms with Gasteiger partial charge in [-0.1, -0.05) is 18.2 Å². The molecule has 1 fully saturated rings. The Kier molecular flexibility index (Phi) is 5.64. The van der Waals surface area contributed by atoms with Crippen molar-refractivity contribution in [1.82, 2.24) is 0 Å². The van der Waals surface area contributed by atoms with E-state index in [0.29, 0.717) is 23.9 Å². The van der Waals surface area contributed by atoms with Gasteiger partial charge in [-0.15, -0.1) is 11.8 Å². The molecule has 0 aromatic heterocycles. The highest BCUT2D eigenvalue weighted by Gasteiger charge is 2.33. The average Bonchev–Trinajstić information content (AvgIpc) is 2.65. The molecule has 2 aromatic rings. The Morgan fingerprint density at radius 1 is 1.17 bits per heavy atom. The van der Waals surface area contributed by atoms with E-state index in [0.717, 1.165) is 23.7 Å². The van der Waals surface area contributed by atoms with E-state index in [-0.39, 0.29) is 5.91 Å². The highest BCUT2D eigenvalue weighted by molar-refractivity contribution is 8.00. The standard InChI is InChI=1S/C23H27N3O3S/c1-23(2,3)29-22(28)24-17-9-10-20-19(11-17)26(21(27)15-30-20)14-16-12-25(13-16)18-7-5-4-6-8-18/h4-11,16H,12-15H2,1-3H3,(H,24,28). The summed E-state index contributed by atoms with van der Waals surface area (Å²) in [5, 5.41) is 2.78. The Bertz CT molecular complexity index is 936. The Morgan fingerprint density at radius 2 is 1.90 bits per heavy atom. The lowest BCUT2D eigenvalue weighted by atomic mass is 9.98. The number of hydrogen-bond donors (Lipinski definition) is 1. The number of carbonyl (C=O) groups is 2. The summed E-state index contributed by atoms with van der Waals surface area (Å²) in [5.74, 6) is 0.980. The van der Waals surface area contributed by atoms with E-state index >= 15 is 0 Å². The number of fused-ring (bicyclic) bond motifs is 1. The van der Waals surface area contributed by atoms with Gasteiger partial charge in [0.15, 0.2) is 0 Å². The fraction of sp³-hybridized carbons (Fsp3) is 0.391. The Labute approximate surface area is 181 Å². The molecule has 2 aliphatic heterocycles. The minimum Gasteiger partial charge on any atom is -0.444 e. The maximum atomic E-state index is 12.7. The largest absolute Gasteiger partial charge is 0.444 e. The molecule has 2 heterocycles. The van der Waals surface area contributed by atoms with Gasteiger partial charge in [-0.25, -0.2) is 4.79 Å². The molecule has 0 aliphatic carbocycles. The van der Waals surface area contributed by atoms with Gasteiger partial charge >= 0.3 is 6.09 Å². The molecule has 6 nitrogen and oxygen atoms in total. The number of thioether (sulfide) groups is 1. The summed E-state index contributed by atoms with van der Waals surface area (Å²) in [6, 6.07) is 16.0. The van der Waals surface area contributed by atoms with Gasteiger partial charge in [0.05, 0.1) is 11.4 Å². The molecule has 2 aliphatic rings. The van der Waals surface area contributed by atoms with Crippen LogP contribution in [0.4, 0.5) is 21.9 Å². The van der Waals surface area contributed by atoms with Crippen molar-refractivity contribution in [3.63, 3.8) is 0 Å². The zero-order chi connectivity index (χ0) is 21.3. The van der Waals surface area contributed by atoms with Crippen molar-refractivity contribution in [1.29, 1.82) is 0 Å². The van der Waals surface area contributed by atoms with Crippen molar-refractivity contribution in [2.45, 2.75) is 31.3 Å². The summed E-state index contributed by atoms with van der Waals surface area (Å²) in [7, 11) is 0. The second kappa shape index (κ2) is 8.22. The maximum absolute atomic E-state index is 12.7. The van der Waals surface area contributed by atoms with Gasteiger partial charge in [0.2, 0.25) is 5.91 Å². The topological polar surface area (TPSA) is 61.9 Å². The number of rotatable bonds is 4. The molecule has 4 rings (SSSR count). The molecule has 0 unspecified atom stereocenters. The summed E-state index contributed by atoms with van der Waals surface area (Å²) >= 11 is 1.54. The van der Waals surface area contributed by atoms with Crippen molar-refractivity contribution >= 4 is 40.8 Å². The van der Waals surface area contributed by atoms with Crippen LogP contribution < -0.4 is 15.1 Å². The second-order valence-corrected chi connectivity index (χ2v) is 9.73. The molecular weight excluding hydrogens is 398 g/mol. The maximum Gasteiger partial charge on any atom is 0.412 e. The van der Waals surface area contributed by atoms with Crippen LogP contribution >= 0.6 is 11.8 Å². The van der Waals surface area contributed by atoms with Crippen LogP contribution in [0, 0.1) is 5.92 Å². The molecule has 1 saturated heterocycles. The van der Waals surface area contributed by atoms with E-state index in [1.54, 1.807) is 11.8 Å². The molecule has 2 amide bonds. The quantitative estimate of drug-likeness (QED) is 0.775. The fourth-order valence-corrected chi connectivity index (χ4v) is 4.61. The molecule has 0 saturated carbocycles. The average molecular weight is 426 g/mol. The smallest absolute Gasteiger partial charge is 0.412 e. The highest BCUT2D eigenvalue weighted by Crippen LogP contribution is 2.38. The summed E-state index contributed by atoms with van der Waals surface area (Å²) in [5.41, 5.74) is 2.15. The van der Waals surface area contributed by atoms with Crippen molar-refractivity contribution in [2.24, 2.45) is 5.92 Å². The lowest BCUT2D eigenvalue weighted by molar-refractivity contribution is -0.116. The van der Waals surface area contributed by atoms with Crippen LogP contribution in [-0.2, 0) is 9.53 Å². The van der Waals surface area contributed by atoms with Crippen LogP contribution in [0.3, 0.4) is 0 Å². The van der Waals surface area contributed by atoms with Gasteiger partial charge in [-0.3, -0.25) is 10.1 Å². The highest BCUT2D eigenvalue weighted by atomic mass is 32.2. The van der Waals surface area contributed by atoms with Crippen LogP contribution in [0.1, 0.15) is 20.8 Å². The molecule has 0 bridgehead atoms. The zero-order valence-corrected chi connectivity index (χ0v) is 18.4. The molecule has 0 radical (unpaired) electrons. The lowest BCUT2D eigenvalue weighted by Crippen LogP contribution is -2.53. The summed E-state index contributed by atoms with van der Waals surface area (Å²) in [6.45, 7) is 8.04. The third kappa shape index (κ3) is 4.73. The normalized spacial score (nSPS) is 16.7. The Hall–Kier alpha value is -2.67. The first-order valence-corrected chi connectivity index (χ1v) is 11.1. The number of benzene rings is 2. The zero-order valence-electron chi connectivity index (χ0n) is 17.6. The predicted molar refractivity (Wildman–Crippen MR) is 122 cm³/mol. The van der Waals surface area contributed by atoms with Gasteiger partial charge in [0.1, 0.15) is 5.60 Å². The summed E-state index contributed by atoms with van der Waals surface area (Å²) in [6.07, 6.45) is -0.499. The number of nitrogens with zero attached hydrogens (tertiary/aromatic N) is 2. The van der Waals surface area contributed by atoms with E-state index in [9.17, 15) is 9.59 Å². The second-order valence-electron chi connectivity index (χ2n) is 8.71. The van der Waals surface area contributed by atoms with Crippen LogP contribution in [0.15, 0.2) is 53.4 Å². The first-order valence-electron chi connectivity index (χ1n) is 10.2. The van der Waals surface area contributed by atoms with E-state index in [2.05, 4.69) is 22.3 Å². The van der Waals surface area contributed by atoms with Crippen LogP contribution in [0.2, 0.25) is 0 Å². The van der Waals surface area contributed by atoms with Crippen molar-refractivity contribution < 1.29 is 14.3 Å². The number of para-hydroxylation sites is 1. The summed E-state index contributed by atoms with van der Waals surface area (Å²) in [4.78, 5) is 30.1. The first-order chi connectivity index (χ1) is 14.3. The van der Waals surface area contributed by atoms with Gasteiger partial charge < -0.3 is 14.5 Å². The molecule has 158 valence electrons. The van der Waals surface area contributed by atoms with Crippen molar-refractivity contribution in [3.05, 3.63) is 48.5 Å². The molecule has 30 heavy (non-hydrogen) atoms. The molecular formula is C23H27N3O3S. The Balaban J connectivity index is 1.44. The number of anilines is 3. The first kappa shape index (κ1) is 20.6. The minimum absolute atomic E-state index is 0.111. The van der Waals surface area contributed by atoms with Crippen molar-refractivity contribution in [3.8, 4) is 0 Å². The molecule has 0 spiro atoms. The number of nitrogens with one attached hydrogen (secondary N) is 1. The van der Waals surface area contributed by atoms with Crippen LogP contribution in [0.25, 0.3) is 0 Å². The molecule has 1 N–H and O–H groups in total. The fourth-order valence-electron chi connectivity index (χ4n) is 3.69. The monoisotopic (exact) mass is 425 g/mol. The van der Waals surface area contributed by atoms with Crippen LogP contribution in [-0.4, -0.2) is 43.0 Å². The predicted octanol–water partition coefficient (Wildman–Crippen LogP) is 4.61. The third-order valence-electron chi connectivity index (χ3n) is 5.07. The molecule has 0 atom stereocenters. The lowest BCUT2D eigenvalue weighted by Gasteiger charge is -2.44. The van der Waals surface area contributed by atoms with Gasteiger partial charge in [0.25, 0.3) is 0 Å². The number of hydrogen-bond acceptors (Lipinski definition) is 5. The van der Waals surface area contributed by atoms with E-state index < -0.39 is 11.7 Å². The van der Waals surface area contributed by atoms with E-state index in [1.807, 2.05) is 62.1 Å². The van der Waals surface area contributed by atoms with Crippen LogP contribution in [0.5, 0.6) is 0 Å². The SMILES string of the molecule is CC(C)(C)OC(=O)Nc1ccc2c(c1)N(CC1CN(c3ccccc3)C1)C(=O)CS2. The van der Waals surface area contributed by atoms with E-state index in [4.69, 9.17) is 4.74 Å². The van der Waals surface area contributed by atoms with Crippen molar-refractivity contribution in [2.75, 3.05) is 40.5 Å². The number of carbonyl (C=O) groups excluding carboxylic acids is 2. The van der Waals surface area contributed by atoms with Gasteiger partial charge in [-0.2, -0.15) is 0 Å². The summed E-state index contributed by atoms with van der Waals surface area (Å²) < 4.78 is 5.34. The van der Waals surface area contributed by atoms with E-state index in [1.165, 1.54) is 5.69 Å². The number of amides is 2. The Morgan fingerprint density at radius 3 is 2.60 bits per heavy atom. The van der Waals surface area contributed by atoms with Gasteiger partial charge in [0, 0.05) is 41.8 Å². The third-order valence-corrected chi connectivity index (χ3v) is 6.11.